The number of nitro groups is 1. The Labute approximate surface area is 188 Å². The molecule has 2 unspecified atom stereocenters. The topological polar surface area (TPSA) is 103 Å². The Balaban J connectivity index is 1.40. The van der Waals surface area contributed by atoms with Crippen molar-refractivity contribution < 1.29 is 9.72 Å². The van der Waals surface area contributed by atoms with Gasteiger partial charge in [0.25, 0.3) is 5.69 Å². The lowest BCUT2D eigenvalue weighted by Gasteiger charge is -2.09. The first-order valence-electron chi connectivity index (χ1n) is 9.82. The van der Waals surface area contributed by atoms with Crippen molar-refractivity contribution in [3.05, 3.63) is 75.1 Å². The lowest BCUT2D eigenvalue weighted by Crippen LogP contribution is -2.15. The summed E-state index contributed by atoms with van der Waals surface area (Å²) in [4.78, 5) is 22.8. The van der Waals surface area contributed by atoms with Crippen LogP contribution >= 0.6 is 23.4 Å². The molecule has 31 heavy (non-hydrogen) atoms. The molecule has 1 N–H and O–H groups in total. The van der Waals surface area contributed by atoms with E-state index in [1.165, 1.54) is 35.5 Å². The van der Waals surface area contributed by atoms with E-state index in [1.807, 2.05) is 29.7 Å². The second-order valence-electron chi connectivity index (χ2n) is 7.20. The van der Waals surface area contributed by atoms with Gasteiger partial charge in [-0.15, -0.1) is 10.2 Å². The van der Waals surface area contributed by atoms with Gasteiger partial charge in [-0.2, -0.15) is 0 Å². The predicted molar refractivity (Wildman–Crippen MR) is 120 cm³/mol. The van der Waals surface area contributed by atoms with Gasteiger partial charge in [-0.05, 0) is 30.9 Å². The highest BCUT2D eigenvalue weighted by molar-refractivity contribution is 7.99. The number of nitro benzene ring substituents is 1. The smallest absolute Gasteiger partial charge is 0.271 e. The summed E-state index contributed by atoms with van der Waals surface area (Å²) in [6, 6.07) is 14.3. The van der Waals surface area contributed by atoms with E-state index in [4.69, 9.17) is 11.6 Å². The van der Waals surface area contributed by atoms with Crippen molar-refractivity contribution in [2.75, 3.05) is 11.1 Å². The fourth-order valence-corrected chi connectivity index (χ4v) is 4.54. The van der Waals surface area contributed by atoms with Crippen molar-refractivity contribution in [2.24, 2.45) is 0 Å². The Kier molecular flexibility index (Phi) is 6.24. The fraction of sp³-hybridized carbons (Fsp3) is 0.286. The van der Waals surface area contributed by atoms with Crippen molar-refractivity contribution in [3.63, 3.8) is 0 Å². The van der Waals surface area contributed by atoms with Crippen LogP contribution in [0.2, 0.25) is 5.02 Å². The summed E-state index contributed by atoms with van der Waals surface area (Å²) in [5.74, 6) is 1.49. The van der Waals surface area contributed by atoms with E-state index in [2.05, 4.69) is 27.6 Å². The van der Waals surface area contributed by atoms with Gasteiger partial charge in [0.05, 0.1) is 21.4 Å². The standard InChI is InChI=1S/C21H20ClN5O3S/c1-2-26-20(16-11-15(16)13-6-4-3-5-7-13)24-25-21(26)31-12-19(28)23-18-10-14(27(29)30)8-9-17(18)22/h3-10,15-16H,2,11-12H2,1H3,(H,23,28). The second-order valence-corrected chi connectivity index (χ2v) is 8.55. The highest BCUT2D eigenvalue weighted by Crippen LogP contribution is 2.54. The number of nitrogens with zero attached hydrogens (tertiary/aromatic N) is 4. The molecule has 10 heteroatoms. The lowest BCUT2D eigenvalue weighted by molar-refractivity contribution is -0.384. The number of aromatic nitrogens is 3. The Morgan fingerprint density at radius 2 is 2.03 bits per heavy atom. The molecule has 0 radical (unpaired) electrons. The van der Waals surface area contributed by atoms with E-state index in [0.29, 0.717) is 23.5 Å². The monoisotopic (exact) mass is 457 g/mol. The number of hydrogen-bond acceptors (Lipinski definition) is 6. The van der Waals surface area contributed by atoms with Crippen LogP contribution in [0.1, 0.15) is 36.6 Å². The maximum absolute atomic E-state index is 12.4. The van der Waals surface area contributed by atoms with Gasteiger partial charge in [0, 0.05) is 24.6 Å². The normalized spacial score (nSPS) is 17.4. The number of halogens is 1. The van der Waals surface area contributed by atoms with Crippen LogP contribution in [0.5, 0.6) is 0 Å². The molecule has 0 aliphatic heterocycles. The Hall–Kier alpha value is -2.91. The van der Waals surface area contributed by atoms with E-state index < -0.39 is 4.92 Å². The predicted octanol–water partition coefficient (Wildman–Crippen LogP) is 4.86. The number of thioether (sulfide) groups is 1. The number of non-ortho nitro benzene ring substituents is 1. The third-order valence-electron chi connectivity index (χ3n) is 5.18. The van der Waals surface area contributed by atoms with Gasteiger partial charge in [-0.25, -0.2) is 0 Å². The molecule has 1 aromatic heterocycles. The van der Waals surface area contributed by atoms with Crippen molar-refractivity contribution in [2.45, 2.75) is 36.9 Å². The first kappa shape index (κ1) is 21.3. The van der Waals surface area contributed by atoms with E-state index in [-0.39, 0.29) is 28.1 Å². The SMILES string of the molecule is CCn1c(SCC(=O)Nc2cc([N+](=O)[O-])ccc2Cl)nnc1C1CC1c1ccccc1. The van der Waals surface area contributed by atoms with E-state index in [1.54, 1.807) is 0 Å². The minimum absolute atomic E-state index is 0.0872. The third kappa shape index (κ3) is 4.72. The molecule has 1 aliphatic carbocycles. The number of benzene rings is 2. The van der Waals surface area contributed by atoms with Crippen LogP contribution in [0, 0.1) is 10.1 Å². The largest absolute Gasteiger partial charge is 0.324 e. The van der Waals surface area contributed by atoms with E-state index in [9.17, 15) is 14.9 Å². The molecule has 1 saturated carbocycles. The molecular weight excluding hydrogens is 438 g/mol. The summed E-state index contributed by atoms with van der Waals surface area (Å²) < 4.78 is 2.05. The van der Waals surface area contributed by atoms with Crippen LogP contribution in [0.4, 0.5) is 11.4 Å². The maximum atomic E-state index is 12.4. The maximum Gasteiger partial charge on any atom is 0.271 e. The molecule has 1 amide bonds. The van der Waals surface area contributed by atoms with E-state index in [0.717, 1.165) is 12.2 Å². The Morgan fingerprint density at radius 3 is 2.74 bits per heavy atom. The number of rotatable bonds is 8. The highest BCUT2D eigenvalue weighted by Gasteiger charge is 2.43. The molecule has 160 valence electrons. The van der Waals surface area contributed by atoms with Crippen LogP contribution in [-0.4, -0.2) is 31.3 Å². The van der Waals surface area contributed by atoms with Gasteiger partial charge < -0.3 is 9.88 Å². The number of anilines is 1. The van der Waals surface area contributed by atoms with Crippen molar-refractivity contribution >= 4 is 40.6 Å². The van der Waals surface area contributed by atoms with Crippen LogP contribution in [-0.2, 0) is 11.3 Å². The summed E-state index contributed by atoms with van der Waals surface area (Å²) in [6.45, 7) is 2.74. The summed E-state index contributed by atoms with van der Waals surface area (Å²) in [5.41, 5.74) is 1.38. The first-order chi connectivity index (χ1) is 15.0. The number of amides is 1. The zero-order valence-corrected chi connectivity index (χ0v) is 18.3. The van der Waals surface area contributed by atoms with E-state index >= 15 is 0 Å². The number of nitrogens with one attached hydrogen (secondary N) is 1. The van der Waals surface area contributed by atoms with Crippen LogP contribution in [0.15, 0.2) is 53.7 Å². The molecule has 0 spiro atoms. The van der Waals surface area contributed by atoms with Crippen LogP contribution < -0.4 is 5.32 Å². The molecule has 1 aliphatic rings. The molecule has 8 nitrogen and oxygen atoms in total. The number of carbonyl (C=O) groups excluding carboxylic acids is 1. The zero-order valence-electron chi connectivity index (χ0n) is 16.7. The second kappa shape index (κ2) is 9.07. The Morgan fingerprint density at radius 1 is 1.26 bits per heavy atom. The molecule has 0 saturated heterocycles. The summed E-state index contributed by atoms with van der Waals surface area (Å²) >= 11 is 7.33. The van der Waals surface area contributed by atoms with Crippen LogP contribution in [0.3, 0.4) is 0 Å². The molecule has 4 rings (SSSR count). The number of carbonyl (C=O) groups is 1. The summed E-state index contributed by atoms with van der Waals surface area (Å²) in [7, 11) is 0. The van der Waals surface area contributed by atoms with Crippen molar-refractivity contribution in [1.29, 1.82) is 0 Å². The molecular formula is C21H20ClN5O3S. The first-order valence-corrected chi connectivity index (χ1v) is 11.2. The van der Waals surface area contributed by atoms with Crippen LogP contribution in [0.25, 0.3) is 0 Å². The van der Waals surface area contributed by atoms with Gasteiger partial charge in [0.15, 0.2) is 5.16 Å². The molecule has 3 aromatic rings. The molecule has 1 fully saturated rings. The minimum Gasteiger partial charge on any atom is -0.324 e. The van der Waals surface area contributed by atoms with Crippen molar-refractivity contribution in [1.82, 2.24) is 14.8 Å². The summed E-state index contributed by atoms with van der Waals surface area (Å²) in [5, 5.41) is 23.2. The van der Waals surface area contributed by atoms with Gasteiger partial charge >= 0.3 is 0 Å². The summed E-state index contributed by atoms with van der Waals surface area (Å²) in [6.07, 6.45) is 1.04. The van der Waals surface area contributed by atoms with Gasteiger partial charge in [0.2, 0.25) is 5.91 Å². The van der Waals surface area contributed by atoms with Crippen molar-refractivity contribution in [3.8, 4) is 0 Å². The fourth-order valence-electron chi connectivity index (χ4n) is 3.57. The van der Waals surface area contributed by atoms with Gasteiger partial charge in [-0.3, -0.25) is 14.9 Å². The lowest BCUT2D eigenvalue weighted by atomic mass is 10.1. The molecule has 0 bridgehead atoms. The minimum atomic E-state index is -0.535. The Bertz CT molecular complexity index is 1120. The van der Waals surface area contributed by atoms with Gasteiger partial charge in [0.1, 0.15) is 5.82 Å². The average Bonchev–Trinajstić information content (AvgIpc) is 3.46. The zero-order chi connectivity index (χ0) is 22.0. The third-order valence-corrected chi connectivity index (χ3v) is 6.48. The molecule has 2 atom stereocenters. The highest BCUT2D eigenvalue weighted by atomic mass is 35.5. The molecule has 2 aromatic carbocycles. The molecule has 1 heterocycles. The average molecular weight is 458 g/mol. The number of hydrogen-bond donors (Lipinski definition) is 1. The quantitative estimate of drug-likeness (QED) is 0.294. The van der Waals surface area contributed by atoms with Gasteiger partial charge in [-0.1, -0.05) is 53.7 Å².